The van der Waals surface area contributed by atoms with Crippen LogP contribution in [0, 0.1) is 0 Å². The quantitative estimate of drug-likeness (QED) is 0.453. The number of hydrogen-bond acceptors (Lipinski definition) is 0. The van der Waals surface area contributed by atoms with E-state index in [-0.39, 0.29) is 0 Å². The monoisotopic (exact) mass is 183 g/mol. The summed E-state index contributed by atoms with van der Waals surface area (Å²) in [5.41, 5.74) is 0. The van der Waals surface area contributed by atoms with E-state index in [1.54, 1.807) is 0 Å². The summed E-state index contributed by atoms with van der Waals surface area (Å²) in [6.07, 6.45) is 7.04. The van der Waals surface area contributed by atoms with Crippen LogP contribution >= 0.6 is 10.5 Å². The van der Waals surface area contributed by atoms with Gasteiger partial charge in [0, 0.05) is 0 Å². The predicted molar refractivity (Wildman–Crippen MR) is 57.7 cm³/mol. The van der Waals surface area contributed by atoms with E-state index in [2.05, 4.69) is 29.8 Å². The Labute approximate surface area is 78.6 Å². The summed E-state index contributed by atoms with van der Waals surface area (Å²) in [5.74, 6) is 1.39. The lowest BCUT2D eigenvalue weighted by Crippen LogP contribution is -1.77. The van der Waals surface area contributed by atoms with Gasteiger partial charge in [-0.2, -0.15) is 0 Å². The largest absolute Gasteiger partial charge is 0.137 e. The van der Waals surface area contributed by atoms with Crippen molar-refractivity contribution in [2.24, 2.45) is 0 Å². The second-order valence-corrected chi connectivity index (χ2v) is 5.14. The van der Waals surface area contributed by atoms with Crippen molar-refractivity contribution in [2.45, 2.75) is 44.8 Å². The molecule has 1 heteroatoms. The molecule has 1 aromatic heterocycles. The van der Waals surface area contributed by atoms with Crippen LogP contribution in [0.25, 0.3) is 0 Å². The van der Waals surface area contributed by atoms with Gasteiger partial charge >= 0.3 is 0 Å². The summed E-state index contributed by atoms with van der Waals surface area (Å²) in [4.78, 5) is 0. The zero-order chi connectivity index (χ0) is 8.65. The minimum atomic E-state index is 0.506. The van der Waals surface area contributed by atoms with Gasteiger partial charge < -0.3 is 0 Å². The second-order valence-electron chi connectivity index (χ2n) is 3.24. The molecular weight excluding hydrogens is 164 g/mol. The van der Waals surface area contributed by atoms with Gasteiger partial charge in [-0.3, -0.25) is 0 Å². The zero-order valence-corrected chi connectivity index (χ0v) is 8.78. The van der Waals surface area contributed by atoms with Gasteiger partial charge in [0.15, 0.2) is 0 Å². The van der Waals surface area contributed by atoms with Crippen LogP contribution < -0.4 is 0 Å². The molecule has 68 valence electrons. The van der Waals surface area contributed by atoms with E-state index < -0.39 is 0 Å². The van der Waals surface area contributed by atoms with Crippen LogP contribution in [-0.4, -0.2) is 0 Å². The fraction of sp³-hybridized carbons (Fsp3) is 0.636. The highest BCUT2D eigenvalue weighted by molar-refractivity contribution is 7.27. The fourth-order valence-electron chi connectivity index (χ4n) is 1.35. The van der Waals surface area contributed by atoms with E-state index in [0.717, 1.165) is 0 Å². The Kier molecular flexibility index (Phi) is 5.09. The molecule has 0 aromatic carbocycles. The van der Waals surface area contributed by atoms with Crippen molar-refractivity contribution in [3.05, 3.63) is 22.9 Å². The first-order valence-electron chi connectivity index (χ1n) is 4.97. The van der Waals surface area contributed by atoms with Gasteiger partial charge in [-0.05, 0) is 35.4 Å². The second kappa shape index (κ2) is 6.24. The van der Waals surface area contributed by atoms with Crippen molar-refractivity contribution >= 4 is 10.5 Å². The van der Waals surface area contributed by atoms with E-state index in [1.807, 2.05) is 0 Å². The van der Waals surface area contributed by atoms with E-state index in [9.17, 15) is 0 Å². The molecule has 0 aliphatic rings. The maximum atomic E-state index is 2.33. The normalized spacial score (nSPS) is 10.4. The van der Waals surface area contributed by atoms with Crippen LogP contribution in [0.2, 0.25) is 0 Å². The van der Waals surface area contributed by atoms with Crippen LogP contribution in [0.4, 0.5) is 0 Å². The summed E-state index contributed by atoms with van der Waals surface area (Å²) in [6.45, 7) is 2.27. The molecule has 0 saturated heterocycles. The van der Waals surface area contributed by atoms with E-state index in [1.165, 1.54) is 37.9 Å². The maximum absolute atomic E-state index is 2.33. The molecule has 0 aliphatic heterocycles. The Balaban J connectivity index is 1.96. The van der Waals surface area contributed by atoms with Crippen LogP contribution in [0.15, 0.2) is 22.9 Å². The lowest BCUT2D eigenvalue weighted by molar-refractivity contribution is 0.648. The van der Waals surface area contributed by atoms with Crippen molar-refractivity contribution in [3.63, 3.8) is 0 Å². The SMILES string of the molecule is CCCCCCC[s+]1cccc1. The Bertz CT molecular complexity index is 177. The first-order chi connectivity index (χ1) is 5.93. The summed E-state index contributed by atoms with van der Waals surface area (Å²) in [6, 6.07) is 4.35. The first-order valence-corrected chi connectivity index (χ1v) is 6.49. The molecule has 0 saturated carbocycles. The molecule has 0 spiro atoms. The molecule has 0 bridgehead atoms. The van der Waals surface area contributed by atoms with Crippen molar-refractivity contribution < 1.29 is 0 Å². The third-order valence-electron chi connectivity index (χ3n) is 2.10. The Morgan fingerprint density at radius 3 is 2.25 bits per heavy atom. The van der Waals surface area contributed by atoms with Gasteiger partial charge in [0.05, 0.1) is 0 Å². The summed E-state index contributed by atoms with van der Waals surface area (Å²) >= 11 is 0. The van der Waals surface area contributed by atoms with Crippen molar-refractivity contribution in [1.82, 2.24) is 0 Å². The number of thiophene rings is 1. The minimum absolute atomic E-state index is 0.506. The number of unbranched alkanes of at least 4 members (excludes halogenated alkanes) is 4. The smallest absolute Gasteiger partial charge is 0.0654 e. The number of rotatable bonds is 6. The van der Waals surface area contributed by atoms with Crippen molar-refractivity contribution in [2.75, 3.05) is 0 Å². The average molecular weight is 183 g/mol. The fourth-order valence-corrected chi connectivity index (χ4v) is 2.83. The van der Waals surface area contributed by atoms with Gasteiger partial charge in [0.2, 0.25) is 0 Å². The third kappa shape index (κ3) is 3.91. The molecule has 1 rings (SSSR count). The molecule has 0 aliphatic carbocycles. The highest BCUT2D eigenvalue weighted by Gasteiger charge is 1.99. The molecule has 12 heavy (non-hydrogen) atoms. The summed E-state index contributed by atoms with van der Waals surface area (Å²) < 4.78 is 0. The van der Waals surface area contributed by atoms with Gasteiger partial charge in [0.1, 0.15) is 16.5 Å². The van der Waals surface area contributed by atoms with Crippen molar-refractivity contribution in [3.8, 4) is 0 Å². The van der Waals surface area contributed by atoms with Gasteiger partial charge in [-0.15, -0.1) is 0 Å². The van der Waals surface area contributed by atoms with Gasteiger partial charge in [0.25, 0.3) is 0 Å². The highest BCUT2D eigenvalue weighted by Crippen LogP contribution is 2.20. The molecule has 0 atom stereocenters. The van der Waals surface area contributed by atoms with E-state index in [0.29, 0.717) is 10.5 Å². The molecule has 1 heterocycles. The highest BCUT2D eigenvalue weighted by atomic mass is 32.2. The zero-order valence-electron chi connectivity index (χ0n) is 7.96. The molecule has 0 N–H and O–H groups in total. The Morgan fingerprint density at radius 1 is 0.917 bits per heavy atom. The summed E-state index contributed by atoms with van der Waals surface area (Å²) in [5, 5.41) is 4.67. The van der Waals surface area contributed by atoms with Gasteiger partial charge in [-0.25, -0.2) is 0 Å². The van der Waals surface area contributed by atoms with Crippen LogP contribution in [0.3, 0.4) is 0 Å². The maximum Gasteiger partial charge on any atom is 0.137 e. The Hall–Kier alpha value is -0.300. The molecule has 0 radical (unpaired) electrons. The van der Waals surface area contributed by atoms with Crippen molar-refractivity contribution in [1.29, 1.82) is 0 Å². The van der Waals surface area contributed by atoms with Gasteiger partial charge in [-0.1, -0.05) is 26.2 Å². The van der Waals surface area contributed by atoms with Crippen LogP contribution in [0.1, 0.15) is 39.0 Å². The minimum Gasteiger partial charge on any atom is -0.0654 e. The molecule has 0 fully saturated rings. The number of aryl methyl sites for hydroxylation is 1. The lowest BCUT2D eigenvalue weighted by atomic mass is 10.2. The third-order valence-corrected chi connectivity index (χ3v) is 3.87. The molecule has 1 aromatic rings. The molecule has 0 nitrogen and oxygen atoms in total. The predicted octanol–water partition coefficient (Wildman–Crippen LogP) is 4.41. The van der Waals surface area contributed by atoms with Crippen LogP contribution in [-0.2, 0) is 5.75 Å². The molecule has 0 amide bonds. The molecule has 0 unspecified atom stereocenters. The standard InChI is InChI=1S/C11H19S/c1-2-3-4-5-6-9-12-10-7-8-11-12/h7-8,10-11H,2-6,9H2,1H3/q+1. The lowest BCUT2D eigenvalue weighted by Gasteiger charge is -1.94. The topological polar surface area (TPSA) is 0 Å². The summed E-state index contributed by atoms with van der Waals surface area (Å²) in [7, 11) is 0.506. The van der Waals surface area contributed by atoms with Crippen LogP contribution in [0.5, 0.6) is 0 Å². The average Bonchev–Trinajstić information content (AvgIpc) is 2.57. The van der Waals surface area contributed by atoms with E-state index in [4.69, 9.17) is 0 Å². The number of hydrogen-bond donors (Lipinski definition) is 0. The molecular formula is C11H19S+. The van der Waals surface area contributed by atoms with E-state index >= 15 is 0 Å². The Morgan fingerprint density at radius 2 is 1.58 bits per heavy atom. The first kappa shape index (κ1) is 9.79.